The molecule has 1 aliphatic carbocycles. The standard InChI is InChI=1S/C22H24F2N4O2/c1-25-16-11-18-19(27-20(26-18)13-5-3-2-4-6-13)12-17(16)28-21(29)14-7-9-15(10-8-14)30-22(23)24/h7-13,22,25H,2-6H2,1H3,(H,26,27)(H,28,29). The molecule has 0 spiro atoms. The summed E-state index contributed by atoms with van der Waals surface area (Å²) in [6, 6.07) is 9.35. The lowest BCUT2D eigenvalue weighted by atomic mass is 9.89. The van der Waals surface area contributed by atoms with Crippen LogP contribution in [-0.2, 0) is 0 Å². The van der Waals surface area contributed by atoms with Crippen molar-refractivity contribution in [3.63, 3.8) is 0 Å². The van der Waals surface area contributed by atoms with E-state index in [-0.39, 0.29) is 11.7 Å². The summed E-state index contributed by atoms with van der Waals surface area (Å²) in [5.41, 5.74) is 3.42. The largest absolute Gasteiger partial charge is 0.435 e. The van der Waals surface area contributed by atoms with Gasteiger partial charge in [-0.2, -0.15) is 8.78 Å². The Balaban J connectivity index is 1.55. The molecule has 6 nitrogen and oxygen atoms in total. The van der Waals surface area contributed by atoms with Crippen LogP contribution in [0.3, 0.4) is 0 Å². The van der Waals surface area contributed by atoms with Crippen molar-refractivity contribution in [3.8, 4) is 5.75 Å². The molecule has 3 N–H and O–H groups in total. The second-order valence-corrected chi connectivity index (χ2v) is 7.48. The monoisotopic (exact) mass is 414 g/mol. The zero-order valence-corrected chi connectivity index (χ0v) is 16.7. The fraction of sp³-hybridized carbons (Fsp3) is 0.364. The molecule has 1 aliphatic rings. The van der Waals surface area contributed by atoms with Crippen molar-refractivity contribution in [1.82, 2.24) is 9.97 Å². The van der Waals surface area contributed by atoms with Gasteiger partial charge in [0.15, 0.2) is 0 Å². The van der Waals surface area contributed by atoms with E-state index in [0.717, 1.165) is 35.4 Å². The molecule has 0 atom stereocenters. The summed E-state index contributed by atoms with van der Waals surface area (Å²) in [4.78, 5) is 20.8. The Hall–Kier alpha value is -3.16. The van der Waals surface area contributed by atoms with Crippen molar-refractivity contribution in [2.45, 2.75) is 44.6 Å². The topological polar surface area (TPSA) is 79.0 Å². The van der Waals surface area contributed by atoms with Crippen molar-refractivity contribution in [2.75, 3.05) is 17.7 Å². The Labute approximate surface area is 173 Å². The van der Waals surface area contributed by atoms with Crippen molar-refractivity contribution >= 4 is 28.3 Å². The maximum absolute atomic E-state index is 12.7. The van der Waals surface area contributed by atoms with Gasteiger partial charge in [0.1, 0.15) is 11.6 Å². The SMILES string of the molecule is CNc1cc2nc(C3CCCCC3)[nH]c2cc1NC(=O)c1ccc(OC(F)F)cc1. The number of amides is 1. The van der Waals surface area contributed by atoms with Crippen LogP contribution in [0.2, 0.25) is 0 Å². The van der Waals surface area contributed by atoms with E-state index in [1.165, 1.54) is 43.5 Å². The number of ether oxygens (including phenoxy) is 1. The number of benzene rings is 2. The van der Waals surface area contributed by atoms with E-state index in [0.29, 0.717) is 17.2 Å². The number of H-pyrrole nitrogens is 1. The first-order chi connectivity index (χ1) is 14.5. The van der Waals surface area contributed by atoms with Crippen molar-refractivity contribution < 1.29 is 18.3 Å². The zero-order chi connectivity index (χ0) is 21.1. The van der Waals surface area contributed by atoms with Gasteiger partial charge < -0.3 is 20.4 Å². The minimum Gasteiger partial charge on any atom is -0.435 e. The molecule has 0 saturated heterocycles. The van der Waals surface area contributed by atoms with Crippen LogP contribution in [0.15, 0.2) is 36.4 Å². The predicted molar refractivity (Wildman–Crippen MR) is 112 cm³/mol. The molecule has 1 fully saturated rings. The summed E-state index contributed by atoms with van der Waals surface area (Å²) < 4.78 is 28.9. The Bertz CT molecular complexity index is 1030. The Morgan fingerprint density at radius 3 is 2.53 bits per heavy atom. The lowest BCUT2D eigenvalue weighted by molar-refractivity contribution is -0.0498. The van der Waals surface area contributed by atoms with Crippen LogP contribution in [0.25, 0.3) is 11.0 Å². The molecule has 1 saturated carbocycles. The second-order valence-electron chi connectivity index (χ2n) is 7.48. The second kappa shape index (κ2) is 8.69. The van der Waals surface area contributed by atoms with Gasteiger partial charge in [-0.05, 0) is 49.2 Å². The van der Waals surface area contributed by atoms with Gasteiger partial charge in [-0.25, -0.2) is 4.98 Å². The maximum atomic E-state index is 12.7. The first kappa shape index (κ1) is 20.1. The molecule has 1 aromatic heterocycles. The van der Waals surface area contributed by atoms with Crippen LogP contribution >= 0.6 is 0 Å². The molecule has 1 amide bonds. The molecule has 0 bridgehead atoms. The quantitative estimate of drug-likeness (QED) is 0.497. The molecule has 2 aromatic carbocycles. The van der Waals surface area contributed by atoms with E-state index >= 15 is 0 Å². The highest BCUT2D eigenvalue weighted by Gasteiger charge is 2.20. The molecule has 0 unspecified atom stereocenters. The minimum absolute atomic E-state index is 0.00610. The van der Waals surface area contributed by atoms with Crippen molar-refractivity contribution in [2.24, 2.45) is 0 Å². The molecule has 8 heteroatoms. The summed E-state index contributed by atoms with van der Waals surface area (Å²) in [6.07, 6.45) is 6.03. The number of carbonyl (C=O) groups excluding carboxylic acids is 1. The van der Waals surface area contributed by atoms with Gasteiger partial charge in [-0.3, -0.25) is 4.79 Å². The molecule has 158 valence electrons. The number of fused-ring (bicyclic) bond motifs is 1. The summed E-state index contributed by atoms with van der Waals surface area (Å²) in [5.74, 6) is 1.12. The van der Waals surface area contributed by atoms with E-state index in [2.05, 4.69) is 20.4 Å². The lowest BCUT2D eigenvalue weighted by Gasteiger charge is -2.18. The van der Waals surface area contributed by atoms with Gasteiger partial charge in [0.05, 0.1) is 22.4 Å². The highest BCUT2D eigenvalue weighted by Crippen LogP contribution is 2.34. The molecular formula is C22H24F2N4O2. The third kappa shape index (κ3) is 4.37. The Morgan fingerprint density at radius 1 is 1.13 bits per heavy atom. The first-order valence-electron chi connectivity index (χ1n) is 10.1. The maximum Gasteiger partial charge on any atom is 0.387 e. The number of nitrogens with zero attached hydrogens (tertiary/aromatic N) is 1. The number of hydrogen-bond donors (Lipinski definition) is 3. The normalized spacial score (nSPS) is 14.8. The molecular weight excluding hydrogens is 390 g/mol. The van der Waals surface area contributed by atoms with Gasteiger partial charge >= 0.3 is 6.61 Å². The number of halogens is 2. The number of nitrogens with one attached hydrogen (secondary N) is 3. The van der Waals surface area contributed by atoms with Gasteiger partial charge in [0.25, 0.3) is 5.91 Å². The average molecular weight is 414 g/mol. The fourth-order valence-corrected chi connectivity index (χ4v) is 3.94. The smallest absolute Gasteiger partial charge is 0.387 e. The summed E-state index contributed by atoms with van der Waals surface area (Å²) in [5, 5.41) is 5.97. The van der Waals surface area contributed by atoms with E-state index in [1.807, 2.05) is 12.1 Å². The number of aromatic amines is 1. The van der Waals surface area contributed by atoms with Crippen LogP contribution < -0.4 is 15.4 Å². The number of anilines is 2. The van der Waals surface area contributed by atoms with Crippen LogP contribution in [0.5, 0.6) is 5.75 Å². The average Bonchev–Trinajstić information content (AvgIpc) is 3.16. The van der Waals surface area contributed by atoms with Crippen LogP contribution in [0.4, 0.5) is 20.2 Å². The van der Waals surface area contributed by atoms with E-state index in [4.69, 9.17) is 4.98 Å². The van der Waals surface area contributed by atoms with Gasteiger partial charge in [-0.15, -0.1) is 0 Å². The third-order valence-electron chi connectivity index (χ3n) is 5.49. The van der Waals surface area contributed by atoms with Crippen molar-refractivity contribution in [1.29, 1.82) is 0 Å². The van der Waals surface area contributed by atoms with Crippen LogP contribution in [0, 0.1) is 0 Å². The fourth-order valence-electron chi connectivity index (χ4n) is 3.94. The number of imidazole rings is 1. The Kier molecular flexibility index (Phi) is 5.83. The number of carbonyl (C=O) groups is 1. The van der Waals surface area contributed by atoms with E-state index in [1.54, 1.807) is 7.05 Å². The highest BCUT2D eigenvalue weighted by molar-refractivity contribution is 6.07. The number of aromatic nitrogens is 2. The molecule has 30 heavy (non-hydrogen) atoms. The molecule has 0 aliphatic heterocycles. The van der Waals surface area contributed by atoms with Gasteiger partial charge in [-0.1, -0.05) is 19.3 Å². The highest BCUT2D eigenvalue weighted by atomic mass is 19.3. The van der Waals surface area contributed by atoms with Crippen molar-refractivity contribution in [3.05, 3.63) is 47.8 Å². The number of hydrogen-bond acceptors (Lipinski definition) is 4. The number of rotatable bonds is 6. The summed E-state index contributed by atoms with van der Waals surface area (Å²) >= 11 is 0. The first-order valence-corrected chi connectivity index (χ1v) is 10.1. The van der Waals surface area contributed by atoms with E-state index < -0.39 is 6.61 Å². The zero-order valence-electron chi connectivity index (χ0n) is 16.7. The summed E-state index contributed by atoms with van der Waals surface area (Å²) in [6.45, 7) is -2.90. The minimum atomic E-state index is -2.90. The Morgan fingerprint density at radius 2 is 1.87 bits per heavy atom. The van der Waals surface area contributed by atoms with E-state index in [9.17, 15) is 13.6 Å². The lowest BCUT2D eigenvalue weighted by Crippen LogP contribution is -2.13. The van der Waals surface area contributed by atoms with Gasteiger partial charge in [0, 0.05) is 18.5 Å². The third-order valence-corrected chi connectivity index (χ3v) is 5.49. The molecule has 3 aromatic rings. The van der Waals surface area contributed by atoms with Crippen LogP contribution in [-0.4, -0.2) is 29.5 Å². The predicted octanol–water partition coefficient (Wildman–Crippen LogP) is 5.51. The number of alkyl halides is 2. The van der Waals surface area contributed by atoms with Gasteiger partial charge in [0.2, 0.25) is 0 Å². The molecule has 1 heterocycles. The van der Waals surface area contributed by atoms with Crippen LogP contribution in [0.1, 0.15) is 54.2 Å². The summed E-state index contributed by atoms with van der Waals surface area (Å²) in [7, 11) is 1.78. The molecule has 4 rings (SSSR count). The molecule has 0 radical (unpaired) electrons.